The third-order valence-electron chi connectivity index (χ3n) is 8.42. The zero-order valence-corrected chi connectivity index (χ0v) is 20.3. The quantitative estimate of drug-likeness (QED) is 0.274. The molecule has 0 nitrogen and oxygen atoms in total. The van der Waals surface area contributed by atoms with E-state index in [1.165, 1.54) is 44.9 Å². The highest BCUT2D eigenvalue weighted by molar-refractivity contribution is 5.85. The molecule has 2 saturated carbocycles. The molecule has 2 aliphatic rings. The molecule has 2 aromatic carbocycles. The SMILES string of the molecule is C/C=C/CCc1cc2ccc(C3CCC4CC(CCCCC)CCC4C3)c(F)c2c(F)c1F. The van der Waals surface area contributed by atoms with E-state index < -0.39 is 17.5 Å². The second kappa shape index (κ2) is 11.1. The predicted octanol–water partition coefficient (Wildman–Crippen LogP) is 9.65. The van der Waals surface area contributed by atoms with Gasteiger partial charge in [0.1, 0.15) is 5.82 Å². The predicted molar refractivity (Wildman–Crippen MR) is 132 cm³/mol. The van der Waals surface area contributed by atoms with E-state index in [4.69, 9.17) is 0 Å². The van der Waals surface area contributed by atoms with Crippen LogP contribution in [0, 0.1) is 35.2 Å². The zero-order chi connectivity index (χ0) is 23.4. The van der Waals surface area contributed by atoms with Gasteiger partial charge in [-0.25, -0.2) is 13.2 Å². The monoisotopic (exact) mass is 456 g/mol. The third kappa shape index (κ3) is 5.33. The fraction of sp³-hybridized carbons (Fsp3) is 0.600. The van der Waals surface area contributed by atoms with Crippen molar-refractivity contribution in [3.8, 4) is 0 Å². The molecule has 2 aromatic rings. The number of unbranched alkanes of at least 4 members (excludes halogenated alkanes) is 2. The van der Waals surface area contributed by atoms with Crippen LogP contribution in [-0.4, -0.2) is 0 Å². The minimum atomic E-state index is -1.02. The summed E-state index contributed by atoms with van der Waals surface area (Å²) in [5, 5.41) is 0.299. The van der Waals surface area contributed by atoms with Gasteiger partial charge in [-0.05, 0) is 98.1 Å². The summed E-state index contributed by atoms with van der Waals surface area (Å²) in [6, 6.07) is 5.26. The van der Waals surface area contributed by atoms with Gasteiger partial charge in [0.05, 0.1) is 5.39 Å². The zero-order valence-electron chi connectivity index (χ0n) is 20.3. The van der Waals surface area contributed by atoms with Crippen molar-refractivity contribution in [3.05, 3.63) is 58.9 Å². The van der Waals surface area contributed by atoms with Gasteiger partial charge in [0.25, 0.3) is 0 Å². The van der Waals surface area contributed by atoms with Crippen LogP contribution in [-0.2, 0) is 6.42 Å². The fourth-order valence-corrected chi connectivity index (χ4v) is 6.57. The van der Waals surface area contributed by atoms with Gasteiger partial charge in [-0.3, -0.25) is 0 Å². The second-order valence-corrected chi connectivity index (χ2v) is 10.5. The molecule has 180 valence electrons. The number of allylic oxidation sites excluding steroid dienone is 2. The molecule has 0 spiro atoms. The lowest BCUT2D eigenvalue weighted by molar-refractivity contribution is 0.112. The molecule has 0 amide bonds. The van der Waals surface area contributed by atoms with E-state index in [1.54, 1.807) is 12.1 Å². The molecule has 4 unspecified atom stereocenters. The van der Waals surface area contributed by atoms with Crippen LogP contribution < -0.4 is 0 Å². The summed E-state index contributed by atoms with van der Waals surface area (Å²) < 4.78 is 45.3. The van der Waals surface area contributed by atoms with Gasteiger partial charge >= 0.3 is 0 Å². The fourth-order valence-electron chi connectivity index (χ4n) is 6.57. The highest BCUT2D eigenvalue weighted by Crippen LogP contribution is 2.49. The average Bonchev–Trinajstić information content (AvgIpc) is 2.82. The van der Waals surface area contributed by atoms with E-state index in [1.807, 2.05) is 25.1 Å². The van der Waals surface area contributed by atoms with Crippen molar-refractivity contribution in [2.75, 3.05) is 0 Å². The maximum absolute atomic E-state index is 15.6. The Kier molecular flexibility index (Phi) is 8.20. The second-order valence-electron chi connectivity index (χ2n) is 10.5. The number of hydrogen-bond donors (Lipinski definition) is 0. The van der Waals surface area contributed by atoms with Gasteiger partial charge in [-0.1, -0.05) is 63.3 Å². The standard InChI is InChI=1S/C30H39F3/c1-3-5-7-9-20-11-12-22-18-23(14-13-21(22)17-20)26-16-15-24-19-25(10-8-6-4-2)28(31)30(33)27(24)29(26)32/h4,6,15-16,19-23H,3,5,7-14,17-18H2,1-2H3/b6-4+. The van der Waals surface area contributed by atoms with E-state index in [9.17, 15) is 8.78 Å². The van der Waals surface area contributed by atoms with Crippen molar-refractivity contribution in [2.45, 2.75) is 96.8 Å². The highest BCUT2D eigenvalue weighted by atomic mass is 19.2. The van der Waals surface area contributed by atoms with Gasteiger partial charge in [0.15, 0.2) is 11.6 Å². The van der Waals surface area contributed by atoms with Crippen LogP contribution in [0.2, 0.25) is 0 Å². The topological polar surface area (TPSA) is 0 Å². The summed E-state index contributed by atoms with van der Waals surface area (Å²) in [5.41, 5.74) is 0.910. The number of rotatable bonds is 8. The Labute approximate surface area is 197 Å². The number of aryl methyl sites for hydroxylation is 1. The molecule has 3 heteroatoms. The molecule has 4 rings (SSSR count). The number of fused-ring (bicyclic) bond motifs is 2. The van der Waals surface area contributed by atoms with E-state index in [-0.39, 0.29) is 11.3 Å². The van der Waals surface area contributed by atoms with Crippen LogP contribution in [0.1, 0.15) is 102 Å². The molecule has 2 fully saturated rings. The van der Waals surface area contributed by atoms with Crippen molar-refractivity contribution in [1.29, 1.82) is 0 Å². The number of halogens is 3. The van der Waals surface area contributed by atoms with Gasteiger partial charge < -0.3 is 0 Å². The summed E-state index contributed by atoms with van der Waals surface area (Å²) in [5.74, 6) is -0.0665. The molecule has 0 bridgehead atoms. The lowest BCUT2D eigenvalue weighted by atomic mass is 9.63. The molecule has 0 radical (unpaired) electrons. The van der Waals surface area contributed by atoms with Gasteiger partial charge in [0, 0.05) is 0 Å². The van der Waals surface area contributed by atoms with Crippen molar-refractivity contribution in [3.63, 3.8) is 0 Å². The van der Waals surface area contributed by atoms with Crippen LogP contribution in [0.25, 0.3) is 10.8 Å². The first-order valence-electron chi connectivity index (χ1n) is 13.2. The molecule has 4 atom stereocenters. The Morgan fingerprint density at radius 2 is 1.70 bits per heavy atom. The number of benzene rings is 2. The van der Waals surface area contributed by atoms with E-state index in [2.05, 4.69) is 6.92 Å². The molecule has 0 aliphatic heterocycles. The Morgan fingerprint density at radius 3 is 2.48 bits per heavy atom. The molecule has 2 aliphatic carbocycles. The molecule has 0 aromatic heterocycles. The molecular formula is C30H39F3. The Balaban J connectivity index is 1.50. The van der Waals surface area contributed by atoms with Gasteiger partial charge in [-0.15, -0.1) is 0 Å². The number of hydrogen-bond acceptors (Lipinski definition) is 0. The summed E-state index contributed by atoms with van der Waals surface area (Å²) in [6.07, 6.45) is 17.2. The van der Waals surface area contributed by atoms with Crippen molar-refractivity contribution < 1.29 is 13.2 Å². The largest absolute Gasteiger partial charge is 0.206 e. The van der Waals surface area contributed by atoms with E-state index in [0.717, 1.165) is 31.1 Å². The summed E-state index contributed by atoms with van der Waals surface area (Å²) >= 11 is 0. The van der Waals surface area contributed by atoms with Crippen LogP contribution in [0.5, 0.6) is 0 Å². The molecule has 0 N–H and O–H groups in total. The molecular weight excluding hydrogens is 417 g/mol. The molecule has 0 heterocycles. The van der Waals surface area contributed by atoms with Crippen molar-refractivity contribution in [2.24, 2.45) is 17.8 Å². The third-order valence-corrected chi connectivity index (χ3v) is 8.42. The first-order chi connectivity index (χ1) is 16.0. The van der Waals surface area contributed by atoms with Crippen LogP contribution in [0.15, 0.2) is 30.4 Å². The first-order valence-corrected chi connectivity index (χ1v) is 13.2. The molecule has 33 heavy (non-hydrogen) atoms. The smallest absolute Gasteiger partial charge is 0.169 e. The van der Waals surface area contributed by atoms with Crippen LogP contribution >= 0.6 is 0 Å². The Hall–Kier alpha value is -1.77. The van der Waals surface area contributed by atoms with E-state index in [0.29, 0.717) is 35.3 Å². The normalized spacial score (nSPS) is 25.6. The van der Waals surface area contributed by atoms with Crippen LogP contribution in [0.4, 0.5) is 13.2 Å². The lowest BCUT2D eigenvalue weighted by Crippen LogP contribution is -2.30. The van der Waals surface area contributed by atoms with E-state index >= 15 is 4.39 Å². The lowest BCUT2D eigenvalue weighted by Gasteiger charge is -2.42. The van der Waals surface area contributed by atoms with Gasteiger partial charge in [0.2, 0.25) is 0 Å². The van der Waals surface area contributed by atoms with Gasteiger partial charge in [-0.2, -0.15) is 0 Å². The van der Waals surface area contributed by atoms with Crippen molar-refractivity contribution >= 4 is 10.8 Å². The Bertz CT molecular complexity index is 976. The summed E-state index contributed by atoms with van der Waals surface area (Å²) in [7, 11) is 0. The Morgan fingerprint density at radius 1 is 0.909 bits per heavy atom. The maximum Gasteiger partial charge on any atom is 0.169 e. The highest BCUT2D eigenvalue weighted by Gasteiger charge is 2.36. The summed E-state index contributed by atoms with van der Waals surface area (Å²) in [4.78, 5) is 0. The average molecular weight is 457 g/mol. The minimum Gasteiger partial charge on any atom is -0.206 e. The van der Waals surface area contributed by atoms with Crippen molar-refractivity contribution in [1.82, 2.24) is 0 Å². The maximum atomic E-state index is 15.6. The van der Waals surface area contributed by atoms with Crippen LogP contribution in [0.3, 0.4) is 0 Å². The minimum absolute atomic E-state index is 0.115. The molecule has 0 saturated heterocycles. The first kappa shape index (κ1) is 24.4. The summed E-state index contributed by atoms with van der Waals surface area (Å²) in [6.45, 7) is 4.16.